The summed E-state index contributed by atoms with van der Waals surface area (Å²) in [4.78, 5) is 12.1. The number of β-amino-alcohol motifs (C(OH)–C–C–N with tert-alkyl or cyclic N) is 1. The molecule has 20 heavy (non-hydrogen) atoms. The zero-order valence-corrected chi connectivity index (χ0v) is 12.2. The van der Waals surface area contributed by atoms with Crippen LogP contribution >= 0.6 is 0 Å². The van der Waals surface area contributed by atoms with Crippen LogP contribution in [0, 0.1) is 5.92 Å². The molecule has 0 saturated carbocycles. The highest BCUT2D eigenvalue weighted by atomic mass is 16.3. The molecule has 3 N–H and O–H groups in total. The van der Waals surface area contributed by atoms with Crippen LogP contribution in [0.2, 0.25) is 0 Å². The average molecular weight is 276 g/mol. The molecule has 0 spiro atoms. The van der Waals surface area contributed by atoms with Crippen LogP contribution in [0.4, 0.5) is 0 Å². The second-order valence-corrected chi connectivity index (χ2v) is 6.22. The molecule has 2 unspecified atom stereocenters. The fraction of sp³-hybridized carbons (Fsp3) is 0.562. The lowest BCUT2D eigenvalue weighted by atomic mass is 9.81. The zero-order valence-electron chi connectivity index (χ0n) is 12.2. The number of rotatable bonds is 5. The first-order valence-electron chi connectivity index (χ1n) is 7.20. The maximum Gasteiger partial charge on any atom is 0.220 e. The van der Waals surface area contributed by atoms with Crippen LogP contribution in [0.1, 0.15) is 25.8 Å². The summed E-state index contributed by atoms with van der Waals surface area (Å²) in [6.45, 7) is 6.08. The van der Waals surface area contributed by atoms with E-state index in [1.165, 1.54) is 0 Å². The van der Waals surface area contributed by atoms with Gasteiger partial charge in [-0.3, -0.25) is 4.79 Å². The standard InChI is InChI=1S/C16H24N2O2/c1-16(2,13-6-4-3-5-7-13)8-15(20)18-10-12-9-17-11-14(12)19/h3-7,12,14,17,19H,8-11H2,1-2H3,(H,18,20). The van der Waals surface area contributed by atoms with E-state index in [2.05, 4.69) is 36.6 Å². The lowest BCUT2D eigenvalue weighted by molar-refractivity contribution is -0.122. The van der Waals surface area contributed by atoms with E-state index >= 15 is 0 Å². The van der Waals surface area contributed by atoms with Crippen molar-refractivity contribution in [1.82, 2.24) is 10.6 Å². The molecule has 1 amide bonds. The molecule has 4 nitrogen and oxygen atoms in total. The molecule has 110 valence electrons. The maximum absolute atomic E-state index is 12.1. The number of carbonyl (C=O) groups excluding carboxylic acids is 1. The van der Waals surface area contributed by atoms with E-state index in [4.69, 9.17) is 0 Å². The molecule has 0 aliphatic carbocycles. The van der Waals surface area contributed by atoms with Crippen molar-refractivity contribution in [3.63, 3.8) is 0 Å². The zero-order chi connectivity index (χ0) is 14.6. The molecule has 0 bridgehead atoms. The molecule has 0 radical (unpaired) electrons. The average Bonchev–Trinajstić information content (AvgIpc) is 2.82. The Morgan fingerprint density at radius 3 is 2.65 bits per heavy atom. The molecule has 1 aliphatic rings. The van der Waals surface area contributed by atoms with Crippen LogP contribution in [-0.4, -0.2) is 36.8 Å². The molecule has 1 aromatic rings. The summed E-state index contributed by atoms with van der Waals surface area (Å²) in [6.07, 6.45) is 0.102. The fourth-order valence-electron chi connectivity index (χ4n) is 2.63. The Morgan fingerprint density at radius 2 is 2.05 bits per heavy atom. The predicted molar refractivity (Wildman–Crippen MR) is 79.5 cm³/mol. The minimum Gasteiger partial charge on any atom is -0.391 e. The third-order valence-corrected chi connectivity index (χ3v) is 4.02. The third-order valence-electron chi connectivity index (χ3n) is 4.02. The van der Waals surface area contributed by atoms with Gasteiger partial charge in [-0.25, -0.2) is 0 Å². The van der Waals surface area contributed by atoms with Crippen LogP contribution in [-0.2, 0) is 10.2 Å². The van der Waals surface area contributed by atoms with Crippen molar-refractivity contribution >= 4 is 5.91 Å². The van der Waals surface area contributed by atoms with Gasteiger partial charge in [-0.2, -0.15) is 0 Å². The Morgan fingerprint density at radius 1 is 1.35 bits per heavy atom. The summed E-state index contributed by atoms with van der Waals surface area (Å²) in [7, 11) is 0. The van der Waals surface area contributed by atoms with Gasteiger partial charge in [0, 0.05) is 32.0 Å². The summed E-state index contributed by atoms with van der Waals surface area (Å²) in [5.74, 6) is 0.164. The Bertz CT molecular complexity index is 445. The number of hydrogen-bond donors (Lipinski definition) is 3. The second-order valence-electron chi connectivity index (χ2n) is 6.22. The van der Waals surface area contributed by atoms with Gasteiger partial charge in [0.25, 0.3) is 0 Å². The maximum atomic E-state index is 12.1. The van der Waals surface area contributed by atoms with Crippen LogP contribution in [0.3, 0.4) is 0 Å². The summed E-state index contributed by atoms with van der Waals surface area (Å²) in [5.41, 5.74) is 0.982. The highest BCUT2D eigenvalue weighted by molar-refractivity contribution is 5.77. The molecule has 4 heteroatoms. The molecule has 1 fully saturated rings. The Kier molecular flexibility index (Phi) is 4.78. The number of aliphatic hydroxyl groups is 1. The third kappa shape index (κ3) is 3.81. The van der Waals surface area contributed by atoms with Crippen LogP contribution in [0.25, 0.3) is 0 Å². The number of amides is 1. The molecule has 0 aromatic heterocycles. The van der Waals surface area contributed by atoms with Gasteiger partial charge in [0.15, 0.2) is 0 Å². The first kappa shape index (κ1) is 15.0. The van der Waals surface area contributed by atoms with Crippen LogP contribution < -0.4 is 10.6 Å². The molecule has 1 saturated heterocycles. The lowest BCUT2D eigenvalue weighted by Gasteiger charge is -2.25. The summed E-state index contributed by atoms with van der Waals surface area (Å²) < 4.78 is 0. The highest BCUT2D eigenvalue weighted by Crippen LogP contribution is 2.26. The quantitative estimate of drug-likeness (QED) is 0.753. The van der Waals surface area contributed by atoms with E-state index in [0.717, 1.165) is 12.1 Å². The number of nitrogens with one attached hydrogen (secondary N) is 2. The predicted octanol–water partition coefficient (Wildman–Crippen LogP) is 1.05. The minimum absolute atomic E-state index is 0.0398. The molecular weight excluding hydrogens is 252 g/mol. The van der Waals surface area contributed by atoms with Crippen molar-refractivity contribution in [2.75, 3.05) is 19.6 Å². The van der Waals surface area contributed by atoms with Crippen molar-refractivity contribution in [1.29, 1.82) is 0 Å². The Hall–Kier alpha value is -1.39. The molecular formula is C16H24N2O2. The SMILES string of the molecule is CC(C)(CC(=O)NCC1CNCC1O)c1ccccc1. The van der Waals surface area contributed by atoms with E-state index in [1.807, 2.05) is 18.2 Å². The fourth-order valence-corrected chi connectivity index (χ4v) is 2.63. The summed E-state index contributed by atoms with van der Waals surface area (Å²) >= 11 is 0. The second kappa shape index (κ2) is 6.37. The molecule has 1 aliphatic heterocycles. The Balaban J connectivity index is 1.84. The van der Waals surface area contributed by atoms with E-state index < -0.39 is 0 Å². The van der Waals surface area contributed by atoms with Crippen LogP contribution in [0.15, 0.2) is 30.3 Å². The number of benzene rings is 1. The first-order chi connectivity index (χ1) is 9.49. The summed E-state index contributed by atoms with van der Waals surface area (Å²) in [6, 6.07) is 10.1. The number of aliphatic hydroxyl groups excluding tert-OH is 1. The Labute approximate surface area is 120 Å². The lowest BCUT2D eigenvalue weighted by Crippen LogP contribution is -2.37. The largest absolute Gasteiger partial charge is 0.391 e. The van der Waals surface area contributed by atoms with Gasteiger partial charge in [-0.05, 0) is 11.0 Å². The van der Waals surface area contributed by atoms with E-state index in [-0.39, 0.29) is 23.3 Å². The van der Waals surface area contributed by atoms with Crippen LogP contribution in [0.5, 0.6) is 0 Å². The van der Waals surface area contributed by atoms with Gasteiger partial charge in [0.2, 0.25) is 5.91 Å². The van der Waals surface area contributed by atoms with E-state index in [1.54, 1.807) is 0 Å². The molecule has 2 rings (SSSR count). The monoisotopic (exact) mass is 276 g/mol. The van der Waals surface area contributed by atoms with Crippen molar-refractivity contribution in [2.45, 2.75) is 31.8 Å². The number of carbonyl (C=O) groups is 1. The van der Waals surface area contributed by atoms with Gasteiger partial charge in [0.1, 0.15) is 0 Å². The highest BCUT2D eigenvalue weighted by Gasteiger charge is 2.27. The van der Waals surface area contributed by atoms with Gasteiger partial charge in [-0.1, -0.05) is 44.2 Å². The minimum atomic E-state index is -0.350. The number of hydrogen-bond acceptors (Lipinski definition) is 3. The van der Waals surface area contributed by atoms with Gasteiger partial charge in [-0.15, -0.1) is 0 Å². The topological polar surface area (TPSA) is 61.4 Å². The molecule has 2 atom stereocenters. The first-order valence-corrected chi connectivity index (χ1v) is 7.20. The smallest absolute Gasteiger partial charge is 0.220 e. The van der Waals surface area contributed by atoms with E-state index in [0.29, 0.717) is 19.5 Å². The van der Waals surface area contributed by atoms with Gasteiger partial charge in [0.05, 0.1) is 6.10 Å². The molecule has 1 aromatic carbocycles. The molecule has 1 heterocycles. The van der Waals surface area contributed by atoms with Gasteiger partial charge >= 0.3 is 0 Å². The van der Waals surface area contributed by atoms with E-state index in [9.17, 15) is 9.90 Å². The van der Waals surface area contributed by atoms with Crippen molar-refractivity contribution in [3.8, 4) is 0 Å². The van der Waals surface area contributed by atoms with Crippen molar-refractivity contribution in [3.05, 3.63) is 35.9 Å². The summed E-state index contributed by atoms with van der Waals surface area (Å²) in [5, 5.41) is 15.8. The normalized spacial score (nSPS) is 22.8. The van der Waals surface area contributed by atoms with Crippen molar-refractivity contribution < 1.29 is 9.90 Å². The van der Waals surface area contributed by atoms with Crippen molar-refractivity contribution in [2.24, 2.45) is 5.92 Å². The van der Waals surface area contributed by atoms with Gasteiger partial charge < -0.3 is 15.7 Å².